The number of hydrogen-bond donors (Lipinski definition) is 1. The van der Waals surface area contributed by atoms with E-state index < -0.39 is 21.7 Å². The standard InChI is InChI=1S/C19H19ClFN3O4S/c1-22-29(27,28)15-5-6-17(21)16(12-15)19(26)24-9-7-23(8-10-24)18(25)13-3-2-4-14(20)11-13/h2-6,11-12,22H,7-10H2,1H3. The highest BCUT2D eigenvalue weighted by Crippen LogP contribution is 2.19. The van der Waals surface area contributed by atoms with Crippen LogP contribution in [-0.2, 0) is 10.0 Å². The Balaban J connectivity index is 1.72. The summed E-state index contributed by atoms with van der Waals surface area (Å²) in [5.41, 5.74) is 0.129. The first-order valence-corrected chi connectivity index (χ1v) is 10.7. The molecule has 7 nitrogen and oxygen atoms in total. The molecule has 0 aromatic heterocycles. The van der Waals surface area contributed by atoms with Gasteiger partial charge < -0.3 is 9.80 Å². The Kier molecular flexibility index (Phi) is 6.21. The second-order valence-corrected chi connectivity index (χ2v) is 8.77. The predicted octanol–water partition coefficient (Wildman–Crippen LogP) is 1.99. The largest absolute Gasteiger partial charge is 0.335 e. The predicted molar refractivity (Wildman–Crippen MR) is 106 cm³/mol. The third-order valence-corrected chi connectivity index (χ3v) is 6.32. The number of carbonyl (C=O) groups excluding carboxylic acids is 2. The van der Waals surface area contributed by atoms with Gasteiger partial charge in [0.15, 0.2) is 0 Å². The number of halogens is 2. The minimum absolute atomic E-state index is 0.195. The summed E-state index contributed by atoms with van der Waals surface area (Å²) in [4.78, 5) is 28.1. The summed E-state index contributed by atoms with van der Waals surface area (Å²) in [7, 11) is -2.57. The van der Waals surface area contributed by atoms with Crippen molar-refractivity contribution in [1.82, 2.24) is 14.5 Å². The van der Waals surface area contributed by atoms with Gasteiger partial charge in [0.05, 0.1) is 10.5 Å². The quantitative estimate of drug-likeness (QED) is 0.789. The van der Waals surface area contributed by atoms with E-state index in [9.17, 15) is 22.4 Å². The van der Waals surface area contributed by atoms with Crippen LogP contribution in [0.15, 0.2) is 47.4 Å². The maximum atomic E-state index is 14.2. The summed E-state index contributed by atoms with van der Waals surface area (Å²) in [5.74, 6) is -1.62. The van der Waals surface area contributed by atoms with Gasteiger partial charge >= 0.3 is 0 Å². The molecule has 2 aromatic rings. The van der Waals surface area contributed by atoms with Crippen molar-refractivity contribution in [3.63, 3.8) is 0 Å². The molecule has 10 heteroatoms. The first-order chi connectivity index (χ1) is 13.7. The molecule has 0 aliphatic carbocycles. The molecular formula is C19H19ClFN3O4S. The molecule has 1 aliphatic heterocycles. The molecule has 0 unspecified atom stereocenters. The van der Waals surface area contributed by atoms with Crippen molar-refractivity contribution in [3.8, 4) is 0 Å². The van der Waals surface area contributed by atoms with E-state index >= 15 is 0 Å². The normalized spacial score (nSPS) is 14.7. The molecule has 1 N–H and O–H groups in total. The zero-order valence-corrected chi connectivity index (χ0v) is 17.1. The topological polar surface area (TPSA) is 86.8 Å². The van der Waals surface area contributed by atoms with Crippen LogP contribution < -0.4 is 4.72 Å². The van der Waals surface area contributed by atoms with Crippen molar-refractivity contribution >= 4 is 33.4 Å². The Labute approximate surface area is 173 Å². The monoisotopic (exact) mass is 439 g/mol. The molecule has 2 aromatic carbocycles. The number of nitrogens with zero attached hydrogens (tertiary/aromatic N) is 2. The Morgan fingerprint density at radius 2 is 1.62 bits per heavy atom. The highest BCUT2D eigenvalue weighted by molar-refractivity contribution is 7.89. The molecule has 29 heavy (non-hydrogen) atoms. The van der Waals surface area contributed by atoms with E-state index in [1.165, 1.54) is 11.9 Å². The van der Waals surface area contributed by atoms with Crippen molar-refractivity contribution in [3.05, 3.63) is 64.4 Å². The molecule has 0 atom stereocenters. The van der Waals surface area contributed by atoms with Crippen LogP contribution >= 0.6 is 11.6 Å². The van der Waals surface area contributed by atoms with Crippen LogP contribution in [0.3, 0.4) is 0 Å². The highest BCUT2D eigenvalue weighted by Gasteiger charge is 2.28. The molecule has 2 amide bonds. The van der Waals surface area contributed by atoms with Gasteiger partial charge in [-0.15, -0.1) is 0 Å². The lowest BCUT2D eigenvalue weighted by atomic mass is 10.1. The van der Waals surface area contributed by atoms with Gasteiger partial charge in [0.25, 0.3) is 11.8 Å². The van der Waals surface area contributed by atoms with Crippen LogP contribution in [-0.4, -0.2) is 63.3 Å². The molecule has 1 aliphatic rings. The summed E-state index contributed by atoms with van der Waals surface area (Å²) < 4.78 is 40.2. The van der Waals surface area contributed by atoms with E-state index in [1.54, 1.807) is 29.2 Å². The lowest BCUT2D eigenvalue weighted by Crippen LogP contribution is -2.50. The molecule has 0 spiro atoms. The molecular weight excluding hydrogens is 421 g/mol. The van der Waals surface area contributed by atoms with Crippen molar-refractivity contribution in [2.24, 2.45) is 0 Å². The number of nitrogens with one attached hydrogen (secondary N) is 1. The van der Waals surface area contributed by atoms with E-state index in [0.29, 0.717) is 10.6 Å². The van der Waals surface area contributed by atoms with Crippen molar-refractivity contribution in [1.29, 1.82) is 0 Å². The summed E-state index contributed by atoms with van der Waals surface area (Å²) in [5, 5.41) is 0.455. The number of piperazine rings is 1. The number of sulfonamides is 1. The molecule has 1 fully saturated rings. The number of hydrogen-bond acceptors (Lipinski definition) is 4. The smallest absolute Gasteiger partial charge is 0.256 e. The van der Waals surface area contributed by atoms with Gasteiger partial charge in [-0.2, -0.15) is 0 Å². The van der Waals surface area contributed by atoms with Crippen molar-refractivity contribution in [2.45, 2.75) is 4.90 Å². The lowest BCUT2D eigenvalue weighted by molar-refractivity contribution is 0.0532. The van der Waals surface area contributed by atoms with E-state index in [1.807, 2.05) is 0 Å². The maximum absolute atomic E-state index is 14.2. The number of benzene rings is 2. The molecule has 1 saturated heterocycles. The van der Waals surface area contributed by atoms with Gasteiger partial charge in [-0.25, -0.2) is 17.5 Å². The van der Waals surface area contributed by atoms with Crippen LogP contribution in [0.25, 0.3) is 0 Å². The maximum Gasteiger partial charge on any atom is 0.256 e. The third kappa shape index (κ3) is 4.58. The fraction of sp³-hybridized carbons (Fsp3) is 0.263. The minimum Gasteiger partial charge on any atom is -0.335 e. The Hall–Kier alpha value is -2.49. The molecule has 0 saturated carbocycles. The lowest BCUT2D eigenvalue weighted by Gasteiger charge is -2.35. The van der Waals surface area contributed by atoms with Crippen molar-refractivity contribution in [2.75, 3.05) is 33.2 Å². The van der Waals surface area contributed by atoms with Crippen LogP contribution in [0.5, 0.6) is 0 Å². The number of rotatable bonds is 4. The average Bonchev–Trinajstić information content (AvgIpc) is 2.73. The molecule has 3 rings (SSSR count). The molecule has 0 radical (unpaired) electrons. The molecule has 1 heterocycles. The van der Waals surface area contributed by atoms with Gasteiger partial charge in [0.2, 0.25) is 10.0 Å². The number of amides is 2. The zero-order valence-electron chi connectivity index (χ0n) is 15.6. The number of carbonyl (C=O) groups is 2. The summed E-state index contributed by atoms with van der Waals surface area (Å²) >= 11 is 5.92. The second-order valence-electron chi connectivity index (χ2n) is 6.44. The van der Waals surface area contributed by atoms with Crippen LogP contribution in [0, 0.1) is 5.82 Å². The minimum atomic E-state index is -3.81. The van der Waals surface area contributed by atoms with Crippen LogP contribution in [0.2, 0.25) is 5.02 Å². The third-order valence-electron chi connectivity index (χ3n) is 4.67. The van der Waals surface area contributed by atoms with E-state index in [2.05, 4.69) is 4.72 Å². The van der Waals surface area contributed by atoms with E-state index in [0.717, 1.165) is 18.2 Å². The molecule has 0 bridgehead atoms. The van der Waals surface area contributed by atoms with Crippen LogP contribution in [0.1, 0.15) is 20.7 Å². The Morgan fingerprint density at radius 1 is 1.00 bits per heavy atom. The summed E-state index contributed by atoms with van der Waals surface area (Å²) in [6.07, 6.45) is 0. The molecule has 154 valence electrons. The summed E-state index contributed by atoms with van der Waals surface area (Å²) in [6.45, 7) is 0.946. The summed E-state index contributed by atoms with van der Waals surface area (Å²) in [6, 6.07) is 9.67. The van der Waals surface area contributed by atoms with Crippen molar-refractivity contribution < 1.29 is 22.4 Å². The SMILES string of the molecule is CNS(=O)(=O)c1ccc(F)c(C(=O)N2CCN(C(=O)c3cccc(Cl)c3)CC2)c1. The van der Waals surface area contributed by atoms with E-state index in [4.69, 9.17) is 11.6 Å². The Morgan fingerprint density at radius 3 is 2.21 bits per heavy atom. The van der Waals surface area contributed by atoms with E-state index in [-0.39, 0.29) is 42.5 Å². The first-order valence-electron chi connectivity index (χ1n) is 8.80. The van der Waals surface area contributed by atoms with Gasteiger partial charge in [-0.3, -0.25) is 9.59 Å². The Bertz CT molecular complexity index is 1050. The van der Waals surface area contributed by atoms with Gasteiger partial charge in [0, 0.05) is 36.8 Å². The highest BCUT2D eigenvalue weighted by atomic mass is 35.5. The zero-order chi connectivity index (χ0) is 21.2. The van der Waals surface area contributed by atoms with Gasteiger partial charge in [0.1, 0.15) is 5.82 Å². The average molecular weight is 440 g/mol. The van der Waals surface area contributed by atoms with Gasteiger partial charge in [-0.1, -0.05) is 17.7 Å². The van der Waals surface area contributed by atoms with Crippen LogP contribution in [0.4, 0.5) is 4.39 Å². The second kappa shape index (κ2) is 8.48. The fourth-order valence-electron chi connectivity index (χ4n) is 3.04. The fourth-order valence-corrected chi connectivity index (χ4v) is 3.99. The van der Waals surface area contributed by atoms with Gasteiger partial charge in [-0.05, 0) is 43.4 Å². The first kappa shape index (κ1) is 21.2.